The Morgan fingerprint density at radius 1 is 1.23 bits per heavy atom. The fourth-order valence-corrected chi connectivity index (χ4v) is 7.46. The summed E-state index contributed by atoms with van der Waals surface area (Å²) in [7, 11) is -8.30. The molecule has 2 aromatic carbocycles. The largest absolute Gasteiger partial charge is 0.423 e. The topological polar surface area (TPSA) is 144 Å². The number of sulfonamides is 1. The second-order valence-electron chi connectivity index (χ2n) is 7.69. The SMILES string of the molecule is N#Cc1ccc(OP(=O)(CNS(=O)(=O)c2cc3cc(CN4CCOCC4)ccc3s2)ON)cc1F. The van der Waals surface area contributed by atoms with Gasteiger partial charge in [0, 0.05) is 30.4 Å². The number of hydrogen-bond donors (Lipinski definition) is 2. The van der Waals surface area contributed by atoms with E-state index in [0.717, 1.165) is 58.8 Å². The van der Waals surface area contributed by atoms with Gasteiger partial charge in [-0.1, -0.05) is 6.07 Å². The van der Waals surface area contributed by atoms with E-state index in [0.29, 0.717) is 13.2 Å². The first-order chi connectivity index (χ1) is 16.7. The van der Waals surface area contributed by atoms with Crippen LogP contribution < -0.4 is 15.1 Å². The first-order valence-electron chi connectivity index (χ1n) is 10.4. The van der Waals surface area contributed by atoms with Crippen molar-refractivity contribution in [1.82, 2.24) is 9.62 Å². The summed E-state index contributed by atoms with van der Waals surface area (Å²) in [5.74, 6) is 3.97. The third-order valence-corrected chi connectivity index (χ3v) is 9.81. The number of hydrogen-bond acceptors (Lipinski definition) is 10. The summed E-state index contributed by atoms with van der Waals surface area (Å²) in [5, 5.41) is 9.57. The Kier molecular flexibility index (Phi) is 7.85. The molecule has 14 heteroatoms. The summed E-state index contributed by atoms with van der Waals surface area (Å²) in [6.07, 6.45) is -0.788. The molecular weight excluding hydrogens is 518 g/mol. The van der Waals surface area contributed by atoms with E-state index in [9.17, 15) is 17.4 Å². The van der Waals surface area contributed by atoms with Crippen molar-refractivity contribution in [1.29, 1.82) is 5.26 Å². The van der Waals surface area contributed by atoms with E-state index in [1.54, 1.807) is 6.07 Å². The van der Waals surface area contributed by atoms with Crippen LogP contribution in [-0.4, -0.2) is 45.9 Å². The minimum absolute atomic E-state index is 0.0176. The third kappa shape index (κ3) is 6.24. The third-order valence-electron chi connectivity index (χ3n) is 5.25. The van der Waals surface area contributed by atoms with Gasteiger partial charge in [-0.3, -0.25) is 4.90 Å². The van der Waals surface area contributed by atoms with Gasteiger partial charge in [0.1, 0.15) is 28.1 Å². The molecule has 1 aliphatic heterocycles. The zero-order valence-corrected chi connectivity index (χ0v) is 20.9. The van der Waals surface area contributed by atoms with Crippen LogP contribution in [0, 0.1) is 17.1 Å². The minimum atomic E-state index is -4.22. The van der Waals surface area contributed by atoms with Gasteiger partial charge >= 0.3 is 7.60 Å². The maximum absolute atomic E-state index is 13.8. The Morgan fingerprint density at radius 3 is 2.69 bits per heavy atom. The fourth-order valence-electron chi connectivity index (χ4n) is 3.45. The van der Waals surface area contributed by atoms with Crippen molar-refractivity contribution < 1.29 is 31.3 Å². The first kappa shape index (κ1) is 25.7. The Bertz CT molecular complexity index is 1420. The number of nitrogens with one attached hydrogen (secondary N) is 1. The molecule has 3 aromatic rings. The van der Waals surface area contributed by atoms with Crippen molar-refractivity contribution in [3.63, 3.8) is 0 Å². The maximum Gasteiger partial charge on any atom is 0.410 e. The summed E-state index contributed by atoms with van der Waals surface area (Å²) >= 11 is 1.06. The second kappa shape index (κ2) is 10.7. The molecule has 1 atom stereocenters. The molecule has 2 heterocycles. The number of thiophene rings is 1. The van der Waals surface area contributed by atoms with Crippen molar-refractivity contribution in [3.8, 4) is 11.8 Å². The van der Waals surface area contributed by atoms with E-state index >= 15 is 0 Å². The van der Waals surface area contributed by atoms with Gasteiger partial charge in [-0.15, -0.1) is 11.3 Å². The van der Waals surface area contributed by atoms with Crippen LogP contribution >= 0.6 is 18.9 Å². The quantitative estimate of drug-likeness (QED) is 0.309. The number of fused-ring (bicyclic) bond motifs is 1. The first-order valence-corrected chi connectivity index (χ1v) is 14.4. The average molecular weight is 541 g/mol. The highest BCUT2D eigenvalue weighted by Gasteiger charge is 2.30. The molecule has 0 aliphatic carbocycles. The van der Waals surface area contributed by atoms with Gasteiger partial charge in [0.05, 0.1) is 18.8 Å². The molecule has 1 aromatic heterocycles. The summed E-state index contributed by atoms with van der Waals surface area (Å²) < 4.78 is 70.2. The molecule has 0 saturated carbocycles. The monoisotopic (exact) mass is 540 g/mol. The molecule has 1 saturated heterocycles. The molecule has 0 amide bonds. The summed E-state index contributed by atoms with van der Waals surface area (Å²) in [5.41, 5.74) is 0.817. The van der Waals surface area contributed by atoms with E-state index in [1.807, 2.05) is 18.2 Å². The lowest BCUT2D eigenvalue weighted by molar-refractivity contribution is 0.0342. The van der Waals surface area contributed by atoms with Crippen molar-refractivity contribution in [2.24, 2.45) is 5.90 Å². The molecule has 1 fully saturated rings. The molecule has 0 radical (unpaired) electrons. The molecule has 3 N–H and O–H groups in total. The van der Waals surface area contributed by atoms with Gasteiger partial charge in [-0.2, -0.15) is 9.98 Å². The predicted octanol–water partition coefficient (Wildman–Crippen LogP) is 3.14. The Morgan fingerprint density at radius 2 is 2.00 bits per heavy atom. The van der Waals surface area contributed by atoms with E-state index < -0.39 is 29.7 Å². The number of nitriles is 1. The second-order valence-corrected chi connectivity index (χ2v) is 12.7. The molecule has 186 valence electrons. The van der Waals surface area contributed by atoms with Crippen molar-refractivity contribution in [2.45, 2.75) is 10.8 Å². The number of benzene rings is 2. The predicted molar refractivity (Wildman–Crippen MR) is 128 cm³/mol. The van der Waals surface area contributed by atoms with Crippen LogP contribution in [-0.2, 0) is 30.5 Å². The van der Waals surface area contributed by atoms with E-state index in [4.69, 9.17) is 20.4 Å². The molecular formula is C21H22FN4O6PS2. The smallest absolute Gasteiger partial charge is 0.410 e. The van der Waals surface area contributed by atoms with Crippen LogP contribution in [0.15, 0.2) is 46.7 Å². The Balaban J connectivity index is 1.46. The van der Waals surface area contributed by atoms with Crippen molar-refractivity contribution in [2.75, 3.05) is 32.6 Å². The van der Waals surface area contributed by atoms with Gasteiger partial charge in [0.2, 0.25) is 0 Å². The number of nitrogens with zero attached hydrogens (tertiary/aromatic N) is 2. The Hall–Kier alpha value is -2.40. The van der Waals surface area contributed by atoms with E-state index in [-0.39, 0.29) is 15.5 Å². The number of rotatable bonds is 9. The number of halogens is 1. The van der Waals surface area contributed by atoms with Crippen LogP contribution in [0.1, 0.15) is 11.1 Å². The summed E-state index contributed by atoms with van der Waals surface area (Å²) in [6, 6.07) is 12.1. The summed E-state index contributed by atoms with van der Waals surface area (Å²) in [6.45, 7) is 3.79. The zero-order chi connectivity index (χ0) is 25.1. The Labute approximate surface area is 205 Å². The fraction of sp³-hybridized carbons (Fsp3) is 0.286. The molecule has 1 aliphatic rings. The van der Waals surface area contributed by atoms with E-state index in [1.165, 1.54) is 12.1 Å². The van der Waals surface area contributed by atoms with Crippen LogP contribution in [0.25, 0.3) is 10.1 Å². The van der Waals surface area contributed by atoms with Gasteiger partial charge in [0.15, 0.2) is 0 Å². The molecule has 4 rings (SSSR count). The van der Waals surface area contributed by atoms with Crippen LogP contribution in [0.2, 0.25) is 0 Å². The standard InChI is InChI=1S/C21H22FN4O6PS2/c22-19-11-18(3-2-16(19)12-23)31-33(27,32-24)14-25-35(28,29)21-10-17-9-15(1-4-20(17)34-21)13-26-5-7-30-8-6-26/h1-4,9-11,25H,5-8,13-14,24H2. The highest BCUT2D eigenvalue weighted by molar-refractivity contribution is 7.92. The molecule has 0 spiro atoms. The van der Waals surface area contributed by atoms with Crippen molar-refractivity contribution in [3.05, 3.63) is 59.4 Å². The number of nitrogens with two attached hydrogens (primary N) is 1. The van der Waals surface area contributed by atoms with E-state index in [2.05, 4.69) is 14.2 Å². The van der Waals surface area contributed by atoms with Gasteiger partial charge in [-0.25, -0.2) is 27.9 Å². The lowest BCUT2D eigenvalue weighted by Crippen LogP contribution is -2.35. The number of morpholine rings is 1. The van der Waals surface area contributed by atoms with Crippen molar-refractivity contribution >= 4 is 39.0 Å². The van der Waals surface area contributed by atoms with Crippen LogP contribution in [0.4, 0.5) is 4.39 Å². The highest BCUT2D eigenvalue weighted by Crippen LogP contribution is 2.46. The lowest BCUT2D eigenvalue weighted by Gasteiger charge is -2.26. The van der Waals surface area contributed by atoms with Crippen LogP contribution in [0.3, 0.4) is 0 Å². The zero-order valence-electron chi connectivity index (χ0n) is 18.3. The molecule has 35 heavy (non-hydrogen) atoms. The van der Waals surface area contributed by atoms with Crippen LogP contribution in [0.5, 0.6) is 5.75 Å². The molecule has 0 bridgehead atoms. The molecule has 1 unspecified atom stereocenters. The normalized spacial score (nSPS) is 16.6. The average Bonchev–Trinajstić information content (AvgIpc) is 3.28. The molecule has 10 nitrogen and oxygen atoms in total. The maximum atomic E-state index is 13.8. The number of ether oxygens (including phenoxy) is 1. The van der Waals surface area contributed by atoms with Gasteiger partial charge < -0.3 is 9.26 Å². The van der Waals surface area contributed by atoms with Gasteiger partial charge in [-0.05, 0) is 41.3 Å². The lowest BCUT2D eigenvalue weighted by atomic mass is 10.1. The highest BCUT2D eigenvalue weighted by atomic mass is 32.2. The summed E-state index contributed by atoms with van der Waals surface area (Å²) in [4.78, 5) is 2.26. The van der Waals surface area contributed by atoms with Gasteiger partial charge in [0.25, 0.3) is 10.0 Å². The minimum Gasteiger partial charge on any atom is -0.423 e.